The van der Waals surface area contributed by atoms with Gasteiger partial charge in [-0.25, -0.2) is 0 Å². The standard InChI is InChI=1S/C14H13ClO/c1-16-14-8-7-12(9-13(14)10-15)11-5-3-2-4-6-11/h2-9H,10H2,1H3. The smallest absolute Gasteiger partial charge is 0.123 e. The van der Waals surface area contributed by atoms with Crippen molar-refractivity contribution >= 4 is 11.6 Å². The van der Waals surface area contributed by atoms with E-state index >= 15 is 0 Å². The van der Waals surface area contributed by atoms with Gasteiger partial charge in [-0.15, -0.1) is 11.6 Å². The molecule has 0 spiro atoms. The topological polar surface area (TPSA) is 9.23 Å². The zero-order valence-corrected chi connectivity index (χ0v) is 9.87. The summed E-state index contributed by atoms with van der Waals surface area (Å²) in [6, 6.07) is 16.3. The molecule has 0 aliphatic rings. The molecule has 0 radical (unpaired) electrons. The molecule has 2 aromatic carbocycles. The van der Waals surface area contributed by atoms with Crippen LogP contribution in [0.2, 0.25) is 0 Å². The zero-order chi connectivity index (χ0) is 11.4. The molecule has 0 bridgehead atoms. The number of hydrogen-bond acceptors (Lipinski definition) is 1. The lowest BCUT2D eigenvalue weighted by molar-refractivity contribution is 0.411. The Labute approximate surface area is 101 Å². The highest BCUT2D eigenvalue weighted by atomic mass is 35.5. The van der Waals surface area contributed by atoms with E-state index in [0.717, 1.165) is 16.9 Å². The van der Waals surface area contributed by atoms with Gasteiger partial charge in [-0.3, -0.25) is 0 Å². The zero-order valence-electron chi connectivity index (χ0n) is 9.11. The molecule has 0 atom stereocenters. The molecule has 0 saturated heterocycles. The predicted octanol–water partition coefficient (Wildman–Crippen LogP) is 4.10. The van der Waals surface area contributed by atoms with E-state index in [-0.39, 0.29) is 0 Å². The maximum Gasteiger partial charge on any atom is 0.123 e. The summed E-state index contributed by atoms with van der Waals surface area (Å²) in [5.41, 5.74) is 3.37. The first-order valence-corrected chi connectivity index (χ1v) is 5.67. The minimum absolute atomic E-state index is 0.462. The van der Waals surface area contributed by atoms with E-state index in [9.17, 15) is 0 Å². The van der Waals surface area contributed by atoms with Crippen molar-refractivity contribution in [2.45, 2.75) is 5.88 Å². The molecule has 0 saturated carbocycles. The third-order valence-electron chi connectivity index (χ3n) is 2.53. The fourth-order valence-corrected chi connectivity index (χ4v) is 1.90. The van der Waals surface area contributed by atoms with E-state index in [4.69, 9.17) is 16.3 Å². The van der Waals surface area contributed by atoms with E-state index in [1.807, 2.05) is 30.3 Å². The molecular weight excluding hydrogens is 220 g/mol. The molecular formula is C14H13ClO. The van der Waals surface area contributed by atoms with E-state index in [2.05, 4.69) is 18.2 Å². The molecule has 0 N–H and O–H groups in total. The minimum atomic E-state index is 0.462. The van der Waals surface area contributed by atoms with Crippen LogP contribution in [-0.4, -0.2) is 7.11 Å². The van der Waals surface area contributed by atoms with Crippen molar-refractivity contribution < 1.29 is 4.74 Å². The summed E-state index contributed by atoms with van der Waals surface area (Å²) in [6.45, 7) is 0. The Bertz CT molecular complexity index is 465. The largest absolute Gasteiger partial charge is 0.496 e. The first kappa shape index (κ1) is 11.0. The summed E-state index contributed by atoms with van der Waals surface area (Å²) in [5.74, 6) is 1.30. The summed E-state index contributed by atoms with van der Waals surface area (Å²) in [4.78, 5) is 0. The van der Waals surface area contributed by atoms with E-state index in [0.29, 0.717) is 5.88 Å². The quantitative estimate of drug-likeness (QED) is 0.724. The highest BCUT2D eigenvalue weighted by Gasteiger charge is 2.04. The number of halogens is 1. The van der Waals surface area contributed by atoms with Crippen molar-refractivity contribution in [2.75, 3.05) is 7.11 Å². The van der Waals surface area contributed by atoms with Crippen LogP contribution in [0.1, 0.15) is 5.56 Å². The maximum atomic E-state index is 5.89. The third kappa shape index (κ3) is 2.20. The second kappa shape index (κ2) is 5.04. The van der Waals surface area contributed by atoms with Gasteiger partial charge in [0.2, 0.25) is 0 Å². The number of methoxy groups -OCH3 is 1. The lowest BCUT2D eigenvalue weighted by atomic mass is 10.0. The van der Waals surface area contributed by atoms with E-state index < -0.39 is 0 Å². The highest BCUT2D eigenvalue weighted by Crippen LogP contribution is 2.27. The molecule has 2 rings (SSSR count). The Morgan fingerprint density at radius 1 is 1.00 bits per heavy atom. The fraction of sp³-hybridized carbons (Fsp3) is 0.143. The lowest BCUT2D eigenvalue weighted by Crippen LogP contribution is -1.90. The number of alkyl halides is 1. The second-order valence-electron chi connectivity index (χ2n) is 3.53. The molecule has 0 unspecified atom stereocenters. The number of rotatable bonds is 3. The van der Waals surface area contributed by atoms with Crippen LogP contribution in [0.3, 0.4) is 0 Å². The predicted molar refractivity (Wildman–Crippen MR) is 68.0 cm³/mol. The van der Waals surface area contributed by atoms with Crippen LogP contribution in [0.5, 0.6) is 5.75 Å². The molecule has 0 heterocycles. The first-order valence-electron chi connectivity index (χ1n) is 5.13. The van der Waals surface area contributed by atoms with Crippen molar-refractivity contribution in [2.24, 2.45) is 0 Å². The van der Waals surface area contributed by atoms with Gasteiger partial charge in [0.15, 0.2) is 0 Å². The van der Waals surface area contributed by atoms with Crippen molar-refractivity contribution in [1.29, 1.82) is 0 Å². The second-order valence-corrected chi connectivity index (χ2v) is 3.79. The molecule has 2 aromatic rings. The Kier molecular flexibility index (Phi) is 3.47. The van der Waals surface area contributed by atoms with Gasteiger partial charge >= 0.3 is 0 Å². The number of hydrogen-bond donors (Lipinski definition) is 0. The molecule has 0 fully saturated rings. The van der Waals surface area contributed by atoms with Crippen LogP contribution in [0.4, 0.5) is 0 Å². The summed E-state index contributed by atoms with van der Waals surface area (Å²) >= 11 is 5.89. The minimum Gasteiger partial charge on any atom is -0.496 e. The molecule has 82 valence electrons. The lowest BCUT2D eigenvalue weighted by Gasteiger charge is -2.08. The Hall–Kier alpha value is -1.47. The van der Waals surface area contributed by atoms with Crippen LogP contribution in [0.25, 0.3) is 11.1 Å². The molecule has 1 nitrogen and oxygen atoms in total. The van der Waals surface area contributed by atoms with Crippen LogP contribution in [-0.2, 0) is 5.88 Å². The highest BCUT2D eigenvalue weighted by molar-refractivity contribution is 6.17. The van der Waals surface area contributed by atoms with Crippen LogP contribution in [0, 0.1) is 0 Å². The van der Waals surface area contributed by atoms with Gasteiger partial charge in [0.05, 0.1) is 13.0 Å². The maximum absolute atomic E-state index is 5.89. The van der Waals surface area contributed by atoms with Crippen LogP contribution in [0.15, 0.2) is 48.5 Å². The molecule has 0 amide bonds. The van der Waals surface area contributed by atoms with Gasteiger partial charge in [0.25, 0.3) is 0 Å². The first-order chi connectivity index (χ1) is 7.85. The summed E-state index contributed by atoms with van der Waals surface area (Å²) < 4.78 is 5.24. The van der Waals surface area contributed by atoms with Gasteiger partial charge in [0, 0.05) is 5.56 Å². The normalized spacial score (nSPS) is 10.1. The van der Waals surface area contributed by atoms with Gasteiger partial charge in [-0.1, -0.05) is 36.4 Å². The van der Waals surface area contributed by atoms with Crippen molar-refractivity contribution in [3.63, 3.8) is 0 Å². The van der Waals surface area contributed by atoms with E-state index in [1.54, 1.807) is 7.11 Å². The Balaban J connectivity index is 2.44. The van der Waals surface area contributed by atoms with Gasteiger partial charge in [-0.05, 0) is 23.3 Å². The van der Waals surface area contributed by atoms with Gasteiger partial charge < -0.3 is 4.74 Å². The van der Waals surface area contributed by atoms with E-state index in [1.165, 1.54) is 5.56 Å². The van der Waals surface area contributed by atoms with Gasteiger partial charge in [0.1, 0.15) is 5.75 Å². The molecule has 0 aliphatic heterocycles. The van der Waals surface area contributed by atoms with Crippen molar-refractivity contribution in [3.8, 4) is 16.9 Å². The van der Waals surface area contributed by atoms with Crippen molar-refractivity contribution in [3.05, 3.63) is 54.1 Å². The summed E-state index contributed by atoms with van der Waals surface area (Å²) in [7, 11) is 1.66. The number of benzene rings is 2. The molecule has 0 aliphatic carbocycles. The molecule has 16 heavy (non-hydrogen) atoms. The van der Waals surface area contributed by atoms with Crippen LogP contribution >= 0.6 is 11.6 Å². The average Bonchev–Trinajstić information content (AvgIpc) is 2.39. The average molecular weight is 233 g/mol. The van der Waals surface area contributed by atoms with Crippen molar-refractivity contribution in [1.82, 2.24) is 0 Å². The number of ether oxygens (including phenoxy) is 1. The van der Waals surface area contributed by atoms with Gasteiger partial charge in [-0.2, -0.15) is 0 Å². The monoisotopic (exact) mass is 232 g/mol. The molecule has 2 heteroatoms. The van der Waals surface area contributed by atoms with Crippen LogP contribution < -0.4 is 4.74 Å². The summed E-state index contributed by atoms with van der Waals surface area (Å²) in [6.07, 6.45) is 0. The Morgan fingerprint density at radius 2 is 1.75 bits per heavy atom. The molecule has 0 aromatic heterocycles. The Morgan fingerprint density at radius 3 is 2.38 bits per heavy atom. The fourth-order valence-electron chi connectivity index (χ4n) is 1.69. The summed E-state index contributed by atoms with van der Waals surface area (Å²) in [5, 5.41) is 0. The third-order valence-corrected chi connectivity index (χ3v) is 2.82. The SMILES string of the molecule is COc1ccc(-c2ccccc2)cc1CCl.